The first-order chi connectivity index (χ1) is 31.3. The highest BCUT2D eigenvalue weighted by Crippen LogP contribution is 2.53. The average Bonchev–Trinajstić information content (AvgIpc) is 3.71. The molecule has 2 aliphatic rings. The van der Waals surface area contributed by atoms with Crippen molar-refractivity contribution in [3.8, 4) is 55.6 Å². The summed E-state index contributed by atoms with van der Waals surface area (Å²) in [6, 6.07) is 79.3. The van der Waals surface area contributed by atoms with Crippen LogP contribution in [-0.4, -0.2) is 0 Å². The van der Waals surface area contributed by atoms with Crippen LogP contribution in [0.1, 0.15) is 66.6 Å². The van der Waals surface area contributed by atoms with Gasteiger partial charge in [-0.25, -0.2) is 0 Å². The van der Waals surface area contributed by atoms with E-state index in [2.05, 4.69) is 246 Å². The molecule has 0 saturated carbocycles. The summed E-state index contributed by atoms with van der Waals surface area (Å²) in [7, 11) is 0. The maximum Gasteiger partial charge on any atom is 0.0159 e. The van der Waals surface area contributed by atoms with Crippen LogP contribution in [0.4, 0.5) is 0 Å². The maximum absolute atomic E-state index is 2.48. The number of fused-ring (bicyclic) bond motifs is 8. The first-order valence-corrected chi connectivity index (χ1v) is 22.7. The fourth-order valence-electron chi connectivity index (χ4n) is 11.3. The van der Waals surface area contributed by atoms with Gasteiger partial charge in [0.1, 0.15) is 0 Å². The molecule has 0 N–H and O–H groups in total. The zero-order valence-corrected chi connectivity index (χ0v) is 36.8. The predicted octanol–water partition coefficient (Wildman–Crippen LogP) is 17.2. The largest absolute Gasteiger partial charge is 0.0622 e. The van der Waals surface area contributed by atoms with E-state index in [1.165, 1.54) is 122 Å². The summed E-state index contributed by atoms with van der Waals surface area (Å²) in [4.78, 5) is 0. The molecular weight excluding hydrogens is 769 g/mol. The maximum atomic E-state index is 2.48. The second-order valence-corrected chi connectivity index (χ2v) is 18.8. The molecular formula is C64H48. The third-order valence-corrected chi connectivity index (χ3v) is 14.5. The van der Waals surface area contributed by atoms with E-state index in [4.69, 9.17) is 0 Å². The second-order valence-electron chi connectivity index (χ2n) is 18.8. The molecule has 0 nitrogen and oxygen atoms in total. The Hall–Kier alpha value is -7.54. The van der Waals surface area contributed by atoms with Crippen molar-refractivity contribution >= 4 is 33.2 Å². The Balaban J connectivity index is 1.10. The Morgan fingerprint density at radius 2 is 0.797 bits per heavy atom. The van der Waals surface area contributed by atoms with Gasteiger partial charge in [-0.15, -0.1) is 0 Å². The number of hydrogen-bond acceptors (Lipinski definition) is 0. The van der Waals surface area contributed by atoms with Crippen LogP contribution in [0.25, 0.3) is 88.8 Å². The van der Waals surface area contributed by atoms with Crippen molar-refractivity contribution in [1.29, 1.82) is 0 Å². The molecule has 0 heterocycles. The molecule has 0 heteroatoms. The van der Waals surface area contributed by atoms with Gasteiger partial charge >= 0.3 is 0 Å². The highest BCUT2D eigenvalue weighted by molar-refractivity contribution is 6.22. The van der Waals surface area contributed by atoms with Crippen LogP contribution in [0.3, 0.4) is 0 Å². The van der Waals surface area contributed by atoms with E-state index in [1.807, 2.05) is 0 Å². The van der Waals surface area contributed by atoms with Gasteiger partial charge in [0.2, 0.25) is 0 Å². The third kappa shape index (κ3) is 5.90. The molecule has 0 bridgehead atoms. The van der Waals surface area contributed by atoms with Crippen molar-refractivity contribution in [2.45, 2.75) is 38.5 Å². The SMILES string of the molecule is CC1(C)c2ccccc2-c2cc(-c3c4ccccc4c(-c4cccc(C=C(c5ccccc5)c5ccccc5)c4)c4ccc(-c5ccc6c(c5)C(C)(C)c5ccccc5-6)cc34)ccc21. The van der Waals surface area contributed by atoms with Crippen LogP contribution in [0.15, 0.2) is 212 Å². The lowest BCUT2D eigenvalue weighted by Crippen LogP contribution is -2.14. The fourth-order valence-corrected chi connectivity index (χ4v) is 11.3. The van der Waals surface area contributed by atoms with Crippen LogP contribution in [0, 0.1) is 0 Å². The average molecular weight is 817 g/mol. The second kappa shape index (κ2) is 14.5. The van der Waals surface area contributed by atoms with Gasteiger partial charge in [0.05, 0.1) is 0 Å². The minimum absolute atomic E-state index is 0.0625. The molecule has 12 rings (SSSR count). The molecule has 0 fully saturated rings. The summed E-state index contributed by atoms with van der Waals surface area (Å²) in [5.41, 5.74) is 23.0. The number of hydrogen-bond donors (Lipinski definition) is 0. The molecule has 304 valence electrons. The third-order valence-electron chi connectivity index (χ3n) is 14.5. The van der Waals surface area contributed by atoms with Crippen LogP contribution in [-0.2, 0) is 10.8 Å². The van der Waals surface area contributed by atoms with Crippen molar-refractivity contribution in [1.82, 2.24) is 0 Å². The minimum atomic E-state index is -0.0812. The van der Waals surface area contributed by atoms with Gasteiger partial charge in [0, 0.05) is 10.8 Å². The lowest BCUT2D eigenvalue weighted by Gasteiger charge is -2.23. The smallest absolute Gasteiger partial charge is 0.0159 e. The molecule has 0 aromatic heterocycles. The van der Waals surface area contributed by atoms with Gasteiger partial charge in [-0.2, -0.15) is 0 Å². The summed E-state index contributed by atoms with van der Waals surface area (Å²) in [6.07, 6.45) is 2.35. The standard InChI is InChI=1S/C64H48/c1-63(2)58-29-16-14-25-49(58)55-39-47(32-35-59(55)63)62-52-27-12-11-26-51(52)61(46-23-17-18-41(36-46)37-54(42-19-7-5-8-20-42)43-21-9-6-10-22-43)53-34-31-44(38-56(53)62)45-30-33-50-48-24-13-15-28-57(48)64(3,4)60(50)40-45/h5-40H,1-4H3. The summed E-state index contributed by atoms with van der Waals surface area (Å²) in [5.74, 6) is 0. The Labute approximate surface area is 376 Å². The van der Waals surface area contributed by atoms with Crippen molar-refractivity contribution < 1.29 is 0 Å². The highest BCUT2D eigenvalue weighted by atomic mass is 14.4. The van der Waals surface area contributed by atoms with Gasteiger partial charge in [0.25, 0.3) is 0 Å². The predicted molar refractivity (Wildman–Crippen MR) is 273 cm³/mol. The quantitative estimate of drug-likeness (QED) is 0.116. The van der Waals surface area contributed by atoms with E-state index in [0.717, 1.165) is 0 Å². The van der Waals surface area contributed by atoms with Gasteiger partial charge < -0.3 is 0 Å². The molecule has 0 spiro atoms. The molecule has 0 unspecified atom stereocenters. The van der Waals surface area contributed by atoms with E-state index < -0.39 is 0 Å². The van der Waals surface area contributed by atoms with Gasteiger partial charge in [-0.1, -0.05) is 216 Å². The van der Waals surface area contributed by atoms with Crippen LogP contribution in [0.5, 0.6) is 0 Å². The molecule has 10 aromatic rings. The molecule has 2 aliphatic carbocycles. The topological polar surface area (TPSA) is 0 Å². The van der Waals surface area contributed by atoms with Gasteiger partial charge in [0.15, 0.2) is 0 Å². The van der Waals surface area contributed by atoms with Crippen molar-refractivity contribution in [2.75, 3.05) is 0 Å². The molecule has 10 aromatic carbocycles. The van der Waals surface area contributed by atoms with E-state index in [1.54, 1.807) is 0 Å². The fraction of sp³-hybridized carbons (Fsp3) is 0.0938. The summed E-state index contributed by atoms with van der Waals surface area (Å²) < 4.78 is 0. The van der Waals surface area contributed by atoms with E-state index >= 15 is 0 Å². The molecule has 64 heavy (non-hydrogen) atoms. The molecule has 0 saturated heterocycles. The van der Waals surface area contributed by atoms with Crippen molar-refractivity contribution in [3.05, 3.63) is 251 Å². The lowest BCUT2D eigenvalue weighted by molar-refractivity contribution is 0.660. The minimum Gasteiger partial charge on any atom is -0.0622 e. The zero-order valence-electron chi connectivity index (χ0n) is 36.8. The van der Waals surface area contributed by atoms with Crippen LogP contribution in [0.2, 0.25) is 0 Å². The Morgan fingerprint density at radius 3 is 1.48 bits per heavy atom. The van der Waals surface area contributed by atoms with Crippen molar-refractivity contribution in [3.63, 3.8) is 0 Å². The lowest BCUT2D eigenvalue weighted by atomic mass is 9.80. The van der Waals surface area contributed by atoms with Gasteiger partial charge in [-0.3, -0.25) is 0 Å². The molecule has 0 radical (unpaired) electrons. The van der Waals surface area contributed by atoms with Crippen molar-refractivity contribution in [2.24, 2.45) is 0 Å². The van der Waals surface area contributed by atoms with Gasteiger partial charge in [-0.05, 0) is 152 Å². The van der Waals surface area contributed by atoms with E-state index in [9.17, 15) is 0 Å². The first kappa shape index (κ1) is 38.2. The molecule has 0 aliphatic heterocycles. The monoisotopic (exact) mass is 816 g/mol. The number of benzene rings is 10. The Morgan fingerprint density at radius 1 is 0.312 bits per heavy atom. The summed E-state index contributed by atoms with van der Waals surface area (Å²) in [5, 5.41) is 5.02. The van der Waals surface area contributed by atoms with E-state index in [0.29, 0.717) is 0 Å². The number of rotatable bonds is 6. The first-order valence-electron chi connectivity index (χ1n) is 22.7. The molecule has 0 atom stereocenters. The zero-order chi connectivity index (χ0) is 43.2. The summed E-state index contributed by atoms with van der Waals surface area (Å²) in [6.45, 7) is 9.48. The van der Waals surface area contributed by atoms with E-state index in [-0.39, 0.29) is 10.8 Å². The van der Waals surface area contributed by atoms with Crippen LogP contribution < -0.4 is 0 Å². The highest BCUT2D eigenvalue weighted by Gasteiger charge is 2.36. The van der Waals surface area contributed by atoms with Crippen LogP contribution >= 0.6 is 0 Å². The normalized spacial score (nSPS) is 13.9. The Kier molecular flexibility index (Phi) is 8.65. The Bertz CT molecular complexity index is 3480. The molecule has 0 amide bonds. The summed E-state index contributed by atoms with van der Waals surface area (Å²) >= 11 is 0.